The van der Waals surface area contributed by atoms with Crippen molar-refractivity contribution >= 4 is 33.4 Å². The molecule has 0 spiro atoms. The molecule has 0 saturated carbocycles. The van der Waals surface area contributed by atoms with Gasteiger partial charge in [-0.2, -0.15) is 8.99 Å². The number of nitrogens with one attached hydrogen (secondary N) is 1. The highest BCUT2D eigenvalue weighted by Gasteiger charge is 2.23. The predicted octanol–water partition coefficient (Wildman–Crippen LogP) is 3.05. The van der Waals surface area contributed by atoms with Crippen LogP contribution in [0.3, 0.4) is 0 Å². The van der Waals surface area contributed by atoms with Gasteiger partial charge in [0.2, 0.25) is 21.1 Å². The molecule has 0 radical (unpaired) electrons. The summed E-state index contributed by atoms with van der Waals surface area (Å²) in [5.41, 5.74) is 2.88. The second kappa shape index (κ2) is 11.0. The Balaban J connectivity index is 1.76. The number of aromatic nitrogens is 4. The van der Waals surface area contributed by atoms with Crippen LogP contribution in [-0.2, 0) is 14.8 Å². The number of sulfonamides is 1. The van der Waals surface area contributed by atoms with E-state index in [1.165, 1.54) is 15.1 Å². The lowest BCUT2D eigenvalue weighted by atomic mass is 10.2. The molecule has 0 aliphatic heterocycles. The Morgan fingerprint density at radius 1 is 1.15 bits per heavy atom. The first kappa shape index (κ1) is 25.7. The van der Waals surface area contributed by atoms with E-state index in [2.05, 4.69) is 20.8 Å². The van der Waals surface area contributed by atoms with Gasteiger partial charge in [-0.15, -0.1) is 5.10 Å². The number of hydrogen-bond acceptors (Lipinski definition) is 8. The van der Waals surface area contributed by atoms with Crippen LogP contribution in [0, 0.1) is 13.8 Å². The third kappa shape index (κ3) is 5.57. The average Bonchev–Trinajstić information content (AvgIpc) is 3.28. The number of amides is 1. The van der Waals surface area contributed by atoms with E-state index < -0.39 is 10.0 Å². The van der Waals surface area contributed by atoms with E-state index in [9.17, 15) is 13.2 Å². The molecule has 10 nitrogen and oxygen atoms in total. The van der Waals surface area contributed by atoms with Gasteiger partial charge in [-0.3, -0.25) is 4.79 Å². The Morgan fingerprint density at radius 3 is 2.56 bits per heavy atom. The summed E-state index contributed by atoms with van der Waals surface area (Å²) in [5, 5.41) is 15.0. The predicted molar refractivity (Wildman–Crippen MR) is 131 cm³/mol. The zero-order valence-electron chi connectivity index (χ0n) is 19.8. The maximum Gasteiger partial charge on any atom is 0.243 e. The zero-order valence-corrected chi connectivity index (χ0v) is 21.4. The Labute approximate surface area is 203 Å². The number of aryl methyl sites for hydroxylation is 2. The van der Waals surface area contributed by atoms with E-state index in [0.29, 0.717) is 35.4 Å². The van der Waals surface area contributed by atoms with Crippen molar-refractivity contribution in [1.82, 2.24) is 24.5 Å². The van der Waals surface area contributed by atoms with Crippen molar-refractivity contribution in [1.29, 1.82) is 0 Å². The van der Waals surface area contributed by atoms with Crippen molar-refractivity contribution in [3.8, 4) is 11.4 Å². The summed E-state index contributed by atoms with van der Waals surface area (Å²) in [7, 11) is -2.07. The monoisotopic (exact) mass is 504 g/mol. The fourth-order valence-corrected chi connectivity index (χ4v) is 5.48. The summed E-state index contributed by atoms with van der Waals surface area (Å²) >= 11 is 1.16. The van der Waals surface area contributed by atoms with Crippen LogP contribution in [0.4, 0.5) is 5.69 Å². The second-order valence-corrected chi connectivity index (χ2v) is 10.3. The number of anilines is 1. The largest absolute Gasteiger partial charge is 0.494 e. The normalized spacial score (nSPS) is 11.6. The minimum Gasteiger partial charge on any atom is -0.494 e. The molecule has 0 bridgehead atoms. The van der Waals surface area contributed by atoms with Crippen LogP contribution >= 0.6 is 11.8 Å². The Kier molecular flexibility index (Phi) is 8.28. The van der Waals surface area contributed by atoms with Gasteiger partial charge in [-0.1, -0.05) is 37.7 Å². The van der Waals surface area contributed by atoms with E-state index in [0.717, 1.165) is 22.9 Å². The zero-order chi connectivity index (χ0) is 24.9. The Bertz CT molecular complexity index is 1270. The summed E-state index contributed by atoms with van der Waals surface area (Å²) in [5.74, 6) is 0.323. The third-order valence-electron chi connectivity index (χ3n) is 5.16. The van der Waals surface area contributed by atoms with E-state index in [-0.39, 0.29) is 16.6 Å². The van der Waals surface area contributed by atoms with Crippen molar-refractivity contribution in [2.75, 3.05) is 31.3 Å². The van der Waals surface area contributed by atoms with Crippen LogP contribution < -0.4 is 10.1 Å². The topological polar surface area (TPSA) is 119 Å². The molecule has 3 rings (SSSR count). The molecule has 0 aliphatic rings. The molecule has 1 amide bonds. The number of tetrazole rings is 1. The van der Waals surface area contributed by atoms with Gasteiger partial charge in [0, 0.05) is 18.8 Å². The van der Waals surface area contributed by atoms with Gasteiger partial charge < -0.3 is 10.1 Å². The minimum atomic E-state index is -3.64. The number of nitrogens with zero attached hydrogens (tertiary/aromatic N) is 5. The summed E-state index contributed by atoms with van der Waals surface area (Å²) < 4.78 is 34.0. The lowest BCUT2D eigenvalue weighted by molar-refractivity contribution is -0.113. The fourth-order valence-electron chi connectivity index (χ4n) is 3.31. The van der Waals surface area contributed by atoms with Gasteiger partial charge in [0.1, 0.15) is 11.4 Å². The molecule has 2 aromatic carbocycles. The molecule has 34 heavy (non-hydrogen) atoms. The summed E-state index contributed by atoms with van der Waals surface area (Å²) in [6.45, 7) is 8.06. The molecule has 3 aromatic rings. The number of benzene rings is 2. The maximum atomic E-state index is 12.8. The highest BCUT2D eigenvalue weighted by atomic mass is 32.2. The van der Waals surface area contributed by atoms with E-state index in [1.807, 2.05) is 25.1 Å². The van der Waals surface area contributed by atoms with Crippen LogP contribution in [0.2, 0.25) is 0 Å². The summed E-state index contributed by atoms with van der Waals surface area (Å²) in [6.07, 6.45) is 0. The van der Waals surface area contributed by atoms with Gasteiger partial charge in [0.05, 0.1) is 17.8 Å². The van der Waals surface area contributed by atoms with Gasteiger partial charge in [0.15, 0.2) is 0 Å². The molecular formula is C22H28N6O4S2. The third-order valence-corrected chi connectivity index (χ3v) is 8.13. The Morgan fingerprint density at radius 2 is 1.88 bits per heavy atom. The molecule has 0 aliphatic carbocycles. The van der Waals surface area contributed by atoms with Crippen LogP contribution in [0.15, 0.2) is 46.5 Å². The van der Waals surface area contributed by atoms with Gasteiger partial charge in [-0.25, -0.2) is 8.42 Å². The fraction of sp³-hybridized carbons (Fsp3) is 0.364. The molecular weight excluding hydrogens is 476 g/mol. The number of carbonyl (C=O) groups is 1. The van der Waals surface area contributed by atoms with Crippen molar-refractivity contribution in [3.63, 3.8) is 0 Å². The van der Waals surface area contributed by atoms with Crippen LogP contribution in [0.5, 0.6) is 5.75 Å². The van der Waals surface area contributed by atoms with E-state index in [1.54, 1.807) is 40.0 Å². The molecule has 182 valence electrons. The van der Waals surface area contributed by atoms with Crippen molar-refractivity contribution in [2.24, 2.45) is 0 Å². The van der Waals surface area contributed by atoms with Gasteiger partial charge >= 0.3 is 0 Å². The number of methoxy groups -OCH3 is 1. The second-order valence-electron chi connectivity index (χ2n) is 7.45. The van der Waals surface area contributed by atoms with Crippen molar-refractivity contribution in [2.45, 2.75) is 37.7 Å². The number of thioether (sulfide) groups is 1. The quantitative estimate of drug-likeness (QED) is 0.419. The van der Waals surface area contributed by atoms with Gasteiger partial charge in [-0.05, 0) is 59.7 Å². The molecule has 0 unspecified atom stereocenters. The van der Waals surface area contributed by atoms with E-state index in [4.69, 9.17) is 4.74 Å². The van der Waals surface area contributed by atoms with Crippen molar-refractivity contribution in [3.05, 3.63) is 47.5 Å². The number of rotatable bonds is 10. The lowest BCUT2D eigenvalue weighted by Crippen LogP contribution is -2.30. The molecule has 12 heteroatoms. The van der Waals surface area contributed by atoms with E-state index >= 15 is 0 Å². The van der Waals surface area contributed by atoms with Gasteiger partial charge in [0.25, 0.3) is 0 Å². The molecule has 1 N–H and O–H groups in total. The molecule has 0 saturated heterocycles. The van der Waals surface area contributed by atoms with Crippen molar-refractivity contribution < 1.29 is 17.9 Å². The minimum absolute atomic E-state index is 0.0287. The maximum absolute atomic E-state index is 12.8. The SMILES string of the molecule is CCN(CC)S(=O)(=O)c1ccc(C)c(NC(=O)CSc2nnnn2-c2cc(C)ccc2OC)c1. The Hall–Kier alpha value is -2.96. The highest BCUT2D eigenvalue weighted by Crippen LogP contribution is 2.27. The first-order valence-corrected chi connectivity index (χ1v) is 13.1. The average molecular weight is 505 g/mol. The smallest absolute Gasteiger partial charge is 0.243 e. The summed E-state index contributed by atoms with van der Waals surface area (Å²) in [4.78, 5) is 12.8. The molecule has 0 fully saturated rings. The molecule has 1 aromatic heterocycles. The highest BCUT2D eigenvalue weighted by molar-refractivity contribution is 7.99. The number of hydrogen-bond donors (Lipinski definition) is 1. The first-order valence-electron chi connectivity index (χ1n) is 10.7. The molecule has 1 heterocycles. The van der Waals surface area contributed by atoms with Crippen LogP contribution in [0.1, 0.15) is 25.0 Å². The number of carbonyl (C=O) groups excluding carboxylic acids is 1. The standard InChI is InChI=1S/C22H28N6O4S2/c1-6-27(7-2)34(30,31)17-10-9-16(4)18(13-17)23-21(29)14-33-22-24-25-26-28(22)19-12-15(3)8-11-20(19)32-5/h8-13H,6-7,14H2,1-5H3,(H,23,29). The summed E-state index contributed by atoms with van der Waals surface area (Å²) in [6, 6.07) is 10.4. The number of ether oxygens (including phenoxy) is 1. The molecule has 0 atom stereocenters. The van der Waals surface area contributed by atoms with Crippen LogP contribution in [-0.4, -0.2) is 64.8 Å². The van der Waals surface area contributed by atoms with Crippen LogP contribution in [0.25, 0.3) is 5.69 Å². The first-order chi connectivity index (χ1) is 16.2. The lowest BCUT2D eigenvalue weighted by Gasteiger charge is -2.19.